The zero-order chi connectivity index (χ0) is 23.2. The zero-order valence-corrected chi connectivity index (χ0v) is 17.1. The van der Waals surface area contributed by atoms with E-state index in [1.807, 2.05) is 0 Å². The highest BCUT2D eigenvalue weighted by atomic mass is 19.3. The lowest BCUT2D eigenvalue weighted by atomic mass is 10.0. The summed E-state index contributed by atoms with van der Waals surface area (Å²) in [7, 11) is 1.37. The largest absolute Gasteiger partial charge is 0.477 e. The summed E-state index contributed by atoms with van der Waals surface area (Å²) < 4.78 is 48.3. The Morgan fingerprint density at radius 2 is 2.09 bits per heavy atom. The van der Waals surface area contributed by atoms with E-state index in [1.54, 1.807) is 0 Å². The van der Waals surface area contributed by atoms with E-state index in [2.05, 4.69) is 5.16 Å². The first-order chi connectivity index (χ1) is 15.2. The predicted molar refractivity (Wildman–Crippen MR) is 109 cm³/mol. The molecule has 1 atom stereocenters. The Hall–Kier alpha value is -3.28. The minimum Gasteiger partial charge on any atom is -0.477 e. The standard InChI is InChI=1S/C20H21F3N4O5/c1-31-25-14-4-5-26(8-13(14)24)16-12(21)6-10-15(18(16)32-20(22)23)27(9-2-3-9)7-11(17(10)28)19(29)30/h6-7,9,13,20H,2-5,8,24H2,1H3,(H,29,30). The third-order valence-corrected chi connectivity index (χ3v) is 5.58. The lowest BCUT2D eigenvalue weighted by molar-refractivity contribution is -0.0488. The number of benzene rings is 1. The predicted octanol–water partition coefficient (Wildman–Crippen LogP) is 2.31. The molecule has 2 aliphatic rings. The second-order valence-electron chi connectivity index (χ2n) is 7.69. The molecule has 9 nitrogen and oxygen atoms in total. The molecule has 2 heterocycles. The van der Waals surface area contributed by atoms with E-state index in [0.29, 0.717) is 25.0 Å². The van der Waals surface area contributed by atoms with Gasteiger partial charge in [0.05, 0.1) is 22.7 Å². The number of pyridine rings is 1. The maximum absolute atomic E-state index is 15.3. The van der Waals surface area contributed by atoms with Crippen LogP contribution in [0.5, 0.6) is 5.75 Å². The number of carboxylic acids is 1. The minimum absolute atomic E-state index is 0.0467. The Morgan fingerprint density at radius 3 is 2.66 bits per heavy atom. The van der Waals surface area contributed by atoms with Crippen LogP contribution in [0.25, 0.3) is 10.9 Å². The van der Waals surface area contributed by atoms with Gasteiger partial charge in [-0.15, -0.1) is 0 Å². The molecule has 4 rings (SSSR count). The molecule has 172 valence electrons. The van der Waals surface area contributed by atoms with Gasteiger partial charge >= 0.3 is 12.6 Å². The molecule has 0 bridgehead atoms. The van der Waals surface area contributed by atoms with Crippen LogP contribution >= 0.6 is 0 Å². The van der Waals surface area contributed by atoms with Crippen molar-refractivity contribution in [1.82, 2.24) is 4.57 Å². The molecule has 3 N–H and O–H groups in total. The number of aromatic nitrogens is 1. The maximum Gasteiger partial charge on any atom is 0.387 e. The number of rotatable bonds is 6. The number of ether oxygens (including phenoxy) is 1. The fraction of sp³-hybridized carbons (Fsp3) is 0.450. The van der Waals surface area contributed by atoms with E-state index in [-0.39, 0.29) is 35.7 Å². The van der Waals surface area contributed by atoms with Crippen molar-refractivity contribution in [3.63, 3.8) is 0 Å². The average Bonchev–Trinajstić information content (AvgIpc) is 3.55. The van der Waals surface area contributed by atoms with Crippen molar-refractivity contribution in [2.24, 2.45) is 10.9 Å². The Labute approximate surface area is 179 Å². The summed E-state index contributed by atoms with van der Waals surface area (Å²) in [4.78, 5) is 30.5. The first-order valence-corrected chi connectivity index (χ1v) is 9.92. The van der Waals surface area contributed by atoms with Gasteiger partial charge in [-0.05, 0) is 18.9 Å². The Bertz CT molecular complexity index is 1160. The third kappa shape index (κ3) is 3.85. The number of halogens is 3. The second kappa shape index (κ2) is 8.34. The van der Waals surface area contributed by atoms with Gasteiger partial charge in [-0.1, -0.05) is 5.16 Å². The normalized spacial score (nSPS) is 20.2. The van der Waals surface area contributed by atoms with Crippen molar-refractivity contribution in [2.45, 2.75) is 38.0 Å². The summed E-state index contributed by atoms with van der Waals surface area (Å²) in [6.45, 7) is -3.06. The Kier molecular flexibility index (Phi) is 5.71. The highest BCUT2D eigenvalue weighted by molar-refractivity contribution is 5.98. The van der Waals surface area contributed by atoms with Crippen molar-refractivity contribution in [3.05, 3.63) is 33.9 Å². The summed E-state index contributed by atoms with van der Waals surface area (Å²) in [5.41, 5.74) is 4.76. The maximum atomic E-state index is 15.3. The molecule has 0 radical (unpaired) electrons. The number of oxime groups is 1. The van der Waals surface area contributed by atoms with Gasteiger partial charge < -0.3 is 29.9 Å². The van der Waals surface area contributed by atoms with Crippen molar-refractivity contribution in [2.75, 3.05) is 25.1 Å². The van der Waals surface area contributed by atoms with E-state index >= 15 is 4.39 Å². The summed E-state index contributed by atoms with van der Waals surface area (Å²) in [6, 6.07) is 0.0257. The number of carboxylic acid groups (broad SMARTS) is 1. The molecule has 12 heteroatoms. The number of hydrogen-bond acceptors (Lipinski definition) is 7. The Balaban J connectivity index is 1.96. The van der Waals surface area contributed by atoms with Gasteiger partial charge in [0.25, 0.3) is 0 Å². The van der Waals surface area contributed by atoms with Crippen molar-refractivity contribution in [1.29, 1.82) is 0 Å². The fourth-order valence-corrected chi connectivity index (χ4v) is 4.03. The number of aromatic carboxylic acids is 1. The van der Waals surface area contributed by atoms with Crippen molar-refractivity contribution >= 4 is 28.3 Å². The summed E-state index contributed by atoms with van der Waals surface area (Å²) in [5.74, 6) is -3.00. The topological polar surface area (TPSA) is 119 Å². The molecule has 1 aromatic carbocycles. The number of piperidine rings is 1. The monoisotopic (exact) mass is 454 g/mol. The van der Waals surface area contributed by atoms with Crippen LogP contribution in [0.1, 0.15) is 35.7 Å². The quantitative estimate of drug-likeness (QED) is 0.643. The fourth-order valence-electron chi connectivity index (χ4n) is 4.03. The molecule has 2 aromatic rings. The van der Waals surface area contributed by atoms with Gasteiger partial charge in [0.1, 0.15) is 18.4 Å². The number of carbonyl (C=O) groups is 1. The average molecular weight is 454 g/mol. The molecule has 1 saturated carbocycles. The second-order valence-corrected chi connectivity index (χ2v) is 7.69. The lowest BCUT2D eigenvalue weighted by Crippen LogP contribution is -2.49. The molecular weight excluding hydrogens is 433 g/mol. The molecular formula is C20H21F3N4O5. The zero-order valence-electron chi connectivity index (χ0n) is 17.1. The van der Waals surface area contributed by atoms with Crippen LogP contribution in [0.3, 0.4) is 0 Å². The summed E-state index contributed by atoms with van der Waals surface area (Å²) in [5, 5.41) is 12.9. The number of fused-ring (bicyclic) bond motifs is 1. The lowest BCUT2D eigenvalue weighted by Gasteiger charge is -2.34. The van der Waals surface area contributed by atoms with Crippen LogP contribution in [0, 0.1) is 5.82 Å². The molecule has 32 heavy (non-hydrogen) atoms. The Morgan fingerprint density at radius 1 is 1.38 bits per heavy atom. The van der Waals surface area contributed by atoms with E-state index < -0.39 is 41.2 Å². The van der Waals surface area contributed by atoms with E-state index in [9.17, 15) is 23.5 Å². The number of alkyl halides is 2. The number of nitrogens with two attached hydrogens (primary N) is 1. The highest BCUT2D eigenvalue weighted by Gasteiger charge is 2.34. The molecule has 2 fully saturated rings. The van der Waals surface area contributed by atoms with E-state index in [1.165, 1.54) is 16.6 Å². The van der Waals surface area contributed by atoms with Crippen LogP contribution in [-0.2, 0) is 4.84 Å². The van der Waals surface area contributed by atoms with Gasteiger partial charge in [-0.25, -0.2) is 9.18 Å². The van der Waals surface area contributed by atoms with Gasteiger partial charge in [-0.2, -0.15) is 8.78 Å². The van der Waals surface area contributed by atoms with Gasteiger partial charge in [0.2, 0.25) is 5.43 Å². The smallest absolute Gasteiger partial charge is 0.387 e. The SMILES string of the molecule is CON=C1CCN(c2c(F)cc3c(=O)c(C(=O)O)cn(C4CC4)c3c2OC(F)F)CC1N. The molecule has 0 spiro atoms. The van der Waals surface area contributed by atoms with E-state index in [0.717, 1.165) is 12.3 Å². The molecule has 0 amide bonds. The molecule has 1 unspecified atom stereocenters. The highest BCUT2D eigenvalue weighted by Crippen LogP contribution is 2.44. The van der Waals surface area contributed by atoms with Crippen LogP contribution in [0.4, 0.5) is 18.9 Å². The third-order valence-electron chi connectivity index (χ3n) is 5.58. The van der Waals surface area contributed by atoms with Gasteiger partial charge in [0.15, 0.2) is 11.6 Å². The van der Waals surface area contributed by atoms with E-state index in [4.69, 9.17) is 15.3 Å². The van der Waals surface area contributed by atoms with Crippen LogP contribution in [0.15, 0.2) is 22.2 Å². The molecule has 1 aliphatic carbocycles. The van der Waals surface area contributed by atoms with Gasteiger partial charge in [-0.3, -0.25) is 4.79 Å². The van der Waals surface area contributed by atoms with Crippen LogP contribution < -0.4 is 20.8 Å². The minimum atomic E-state index is -3.30. The first-order valence-electron chi connectivity index (χ1n) is 9.92. The van der Waals surface area contributed by atoms with Gasteiger partial charge in [0, 0.05) is 31.7 Å². The number of hydrogen-bond donors (Lipinski definition) is 2. The molecule has 1 aliphatic heterocycles. The molecule has 1 aromatic heterocycles. The van der Waals surface area contributed by atoms with Crippen LogP contribution in [-0.4, -0.2) is 54.2 Å². The van der Waals surface area contributed by atoms with Crippen molar-refractivity contribution < 1.29 is 32.6 Å². The summed E-state index contributed by atoms with van der Waals surface area (Å²) in [6.07, 6.45) is 2.72. The van der Waals surface area contributed by atoms with Crippen molar-refractivity contribution in [3.8, 4) is 5.75 Å². The number of anilines is 1. The number of nitrogens with zero attached hydrogens (tertiary/aromatic N) is 3. The molecule has 1 saturated heterocycles. The summed E-state index contributed by atoms with van der Waals surface area (Å²) >= 11 is 0. The first kappa shape index (κ1) is 21.9. The van der Waals surface area contributed by atoms with Crippen LogP contribution in [0.2, 0.25) is 0 Å².